The number of aldehydes is 1. The lowest BCUT2D eigenvalue weighted by molar-refractivity contribution is -0.129. The van der Waals surface area contributed by atoms with Crippen LogP contribution in [-0.2, 0) is 20.9 Å². The predicted molar refractivity (Wildman–Crippen MR) is 128 cm³/mol. The average molecular weight is 463 g/mol. The summed E-state index contributed by atoms with van der Waals surface area (Å²) in [6.45, 7) is 6.63. The summed E-state index contributed by atoms with van der Waals surface area (Å²) in [5.74, 6) is 0.106. The highest BCUT2D eigenvalue weighted by molar-refractivity contribution is 6.35. The Kier molecular flexibility index (Phi) is 9.99. The lowest BCUT2D eigenvalue weighted by Crippen LogP contribution is -2.53. The van der Waals surface area contributed by atoms with Crippen molar-refractivity contribution in [3.63, 3.8) is 0 Å². The Labute approximate surface area is 195 Å². The van der Waals surface area contributed by atoms with E-state index in [0.29, 0.717) is 11.6 Å². The van der Waals surface area contributed by atoms with Gasteiger partial charge in [0.25, 0.3) is 0 Å². The van der Waals surface area contributed by atoms with Crippen molar-refractivity contribution >= 4 is 34.7 Å². The zero-order chi connectivity index (χ0) is 22.8. The monoisotopic (exact) mass is 462 g/mol. The van der Waals surface area contributed by atoms with E-state index < -0.39 is 0 Å². The lowest BCUT2D eigenvalue weighted by atomic mass is 10.0. The second-order valence-electron chi connectivity index (χ2n) is 8.49. The van der Waals surface area contributed by atoms with Crippen LogP contribution in [0.3, 0.4) is 0 Å². The maximum absolute atomic E-state index is 11.9. The molecule has 1 unspecified atom stereocenters. The molecule has 2 aromatic rings. The third kappa shape index (κ3) is 7.30. The highest BCUT2D eigenvalue weighted by atomic mass is 35.5. The molecule has 32 heavy (non-hydrogen) atoms. The minimum absolute atomic E-state index is 0.0413. The molecule has 0 bridgehead atoms. The smallest absolute Gasteiger partial charge is 0.237 e. The number of nitrogens with one attached hydrogen (secondary N) is 2. The Morgan fingerprint density at radius 3 is 2.75 bits per heavy atom. The van der Waals surface area contributed by atoms with Gasteiger partial charge in [0.15, 0.2) is 0 Å². The number of likely N-dealkylation sites (N-methyl/N-ethyl adjacent to an activating group) is 1. The number of hydrogen-bond donors (Lipinski definition) is 2. The normalized spacial score (nSPS) is 19.1. The summed E-state index contributed by atoms with van der Waals surface area (Å²) >= 11 is 6.08. The van der Waals surface area contributed by atoms with Gasteiger partial charge in [-0.15, -0.1) is 0 Å². The van der Waals surface area contributed by atoms with Crippen molar-refractivity contribution < 1.29 is 14.3 Å². The second-order valence-corrected chi connectivity index (χ2v) is 8.90. The molecule has 1 atom stereocenters. The number of ether oxygens (including phenoxy) is 1. The van der Waals surface area contributed by atoms with Crippen LogP contribution in [0.2, 0.25) is 5.02 Å². The van der Waals surface area contributed by atoms with Gasteiger partial charge in [-0.1, -0.05) is 24.1 Å². The van der Waals surface area contributed by atoms with E-state index in [1.807, 2.05) is 25.2 Å². The van der Waals surface area contributed by atoms with E-state index in [9.17, 15) is 9.59 Å². The standard InChI is InChI=1S/C14H16ClN3O.C10H19NO2/c1-18-5-4-13(18)14(19)17-7-9-2-3-12-10(6-9)11(15)8-16-12;12-8-4-2-1-3-5-11-6-9-13-10-7-11/h2-3,6,8,13,16H,4-5,7H2,1H3,(H,17,19);8H,1-7,9-10H2. The van der Waals surface area contributed by atoms with Crippen LogP contribution in [0.4, 0.5) is 0 Å². The molecule has 0 aliphatic carbocycles. The number of likely N-dealkylation sites (tertiary alicyclic amines) is 1. The average Bonchev–Trinajstić information content (AvgIpc) is 3.18. The molecular formula is C24H35ClN4O3. The van der Waals surface area contributed by atoms with Crippen molar-refractivity contribution in [1.29, 1.82) is 0 Å². The van der Waals surface area contributed by atoms with Crippen LogP contribution in [0.5, 0.6) is 0 Å². The van der Waals surface area contributed by atoms with E-state index in [1.54, 1.807) is 6.20 Å². The fraction of sp³-hybridized carbons (Fsp3) is 0.583. The number of carbonyl (C=O) groups is 2. The number of fused-ring (bicyclic) bond motifs is 1. The van der Waals surface area contributed by atoms with Crippen LogP contribution in [0.1, 0.15) is 37.7 Å². The van der Waals surface area contributed by atoms with Crippen LogP contribution < -0.4 is 5.32 Å². The second kappa shape index (κ2) is 12.9. The van der Waals surface area contributed by atoms with Gasteiger partial charge in [-0.25, -0.2) is 0 Å². The molecule has 1 amide bonds. The molecule has 2 N–H and O–H groups in total. The summed E-state index contributed by atoms with van der Waals surface area (Å²) in [6, 6.07) is 6.04. The van der Waals surface area contributed by atoms with Crippen molar-refractivity contribution in [3.05, 3.63) is 35.0 Å². The lowest BCUT2D eigenvalue weighted by Gasteiger charge is -2.36. The van der Waals surface area contributed by atoms with Crippen molar-refractivity contribution in [2.45, 2.75) is 44.7 Å². The van der Waals surface area contributed by atoms with E-state index >= 15 is 0 Å². The molecule has 8 heteroatoms. The highest BCUT2D eigenvalue weighted by Gasteiger charge is 2.30. The molecule has 0 spiro atoms. The Balaban J connectivity index is 0.000000195. The predicted octanol–water partition coefficient (Wildman–Crippen LogP) is 3.22. The molecule has 4 rings (SSSR count). The molecule has 1 aromatic carbocycles. The van der Waals surface area contributed by atoms with Gasteiger partial charge >= 0.3 is 0 Å². The molecule has 7 nitrogen and oxygen atoms in total. The number of halogens is 1. The SMILES string of the molecule is CN1CCC1C(=O)NCc1ccc2[nH]cc(Cl)c2c1.O=CCCCCCN1CCOCC1. The van der Waals surface area contributed by atoms with Gasteiger partial charge in [-0.05, 0) is 50.6 Å². The Morgan fingerprint density at radius 1 is 1.25 bits per heavy atom. The van der Waals surface area contributed by atoms with Crippen molar-refractivity contribution in [1.82, 2.24) is 20.1 Å². The Bertz CT molecular complexity index is 866. The summed E-state index contributed by atoms with van der Waals surface area (Å²) in [5, 5.41) is 4.68. The van der Waals surface area contributed by atoms with E-state index in [1.165, 1.54) is 19.4 Å². The van der Waals surface area contributed by atoms with Crippen molar-refractivity contribution in [3.8, 4) is 0 Å². The van der Waals surface area contributed by atoms with Crippen LogP contribution in [0.25, 0.3) is 10.9 Å². The van der Waals surface area contributed by atoms with Crippen LogP contribution >= 0.6 is 11.6 Å². The maximum Gasteiger partial charge on any atom is 0.237 e. The molecule has 3 heterocycles. The summed E-state index contributed by atoms with van der Waals surface area (Å²) in [7, 11) is 1.97. The number of morpholine rings is 1. The zero-order valence-corrected chi connectivity index (χ0v) is 19.7. The third-order valence-corrected chi connectivity index (χ3v) is 6.47. The molecule has 2 aliphatic heterocycles. The van der Waals surface area contributed by atoms with Gasteiger partial charge in [-0.3, -0.25) is 14.6 Å². The van der Waals surface area contributed by atoms with Gasteiger partial charge < -0.3 is 19.8 Å². The molecule has 0 radical (unpaired) electrons. The van der Waals surface area contributed by atoms with Crippen LogP contribution in [-0.4, -0.2) is 79.5 Å². The fourth-order valence-corrected chi connectivity index (χ4v) is 4.17. The van der Waals surface area contributed by atoms with Gasteiger partial charge in [0.05, 0.1) is 24.3 Å². The number of nitrogens with zero attached hydrogens (tertiary/aromatic N) is 2. The minimum atomic E-state index is 0.0413. The third-order valence-electron chi connectivity index (χ3n) is 6.15. The number of aromatic amines is 1. The van der Waals surface area contributed by atoms with Crippen molar-refractivity contribution in [2.75, 3.05) is 46.4 Å². The minimum Gasteiger partial charge on any atom is -0.379 e. The number of carbonyl (C=O) groups excluding carboxylic acids is 2. The molecule has 0 saturated carbocycles. The maximum atomic E-state index is 11.9. The number of aromatic nitrogens is 1. The topological polar surface area (TPSA) is 77.7 Å². The number of benzene rings is 1. The van der Waals surface area contributed by atoms with Gasteiger partial charge in [0, 0.05) is 49.7 Å². The first kappa shape index (κ1) is 24.7. The number of unbranched alkanes of at least 4 members (excludes halogenated alkanes) is 3. The van der Waals surface area contributed by atoms with E-state index in [-0.39, 0.29) is 11.9 Å². The quantitative estimate of drug-likeness (QED) is 0.442. The number of rotatable bonds is 9. The van der Waals surface area contributed by atoms with Gasteiger partial charge in [0.2, 0.25) is 5.91 Å². The number of hydrogen-bond acceptors (Lipinski definition) is 5. The molecule has 176 valence electrons. The van der Waals surface area contributed by atoms with E-state index in [2.05, 4.69) is 20.1 Å². The fourth-order valence-electron chi connectivity index (χ4n) is 3.96. The first-order valence-corrected chi connectivity index (χ1v) is 11.9. The van der Waals surface area contributed by atoms with Crippen LogP contribution in [0, 0.1) is 0 Å². The first-order chi connectivity index (χ1) is 15.6. The number of amides is 1. The Hall–Kier alpha value is -1.93. The Morgan fingerprint density at radius 2 is 2.06 bits per heavy atom. The zero-order valence-electron chi connectivity index (χ0n) is 18.9. The molecule has 2 aliphatic rings. The summed E-state index contributed by atoms with van der Waals surface area (Å²) in [6.07, 6.45) is 7.90. The highest BCUT2D eigenvalue weighted by Crippen LogP contribution is 2.24. The summed E-state index contributed by atoms with van der Waals surface area (Å²) in [5.41, 5.74) is 2.07. The number of H-pyrrole nitrogens is 1. The van der Waals surface area contributed by atoms with E-state index in [4.69, 9.17) is 16.3 Å². The van der Waals surface area contributed by atoms with Crippen molar-refractivity contribution in [2.24, 2.45) is 0 Å². The largest absolute Gasteiger partial charge is 0.379 e. The molecule has 1 aromatic heterocycles. The molecule has 2 saturated heterocycles. The summed E-state index contributed by atoms with van der Waals surface area (Å²) < 4.78 is 5.26. The summed E-state index contributed by atoms with van der Waals surface area (Å²) in [4.78, 5) is 29.5. The first-order valence-electron chi connectivity index (χ1n) is 11.6. The van der Waals surface area contributed by atoms with Crippen LogP contribution in [0.15, 0.2) is 24.4 Å². The molecular weight excluding hydrogens is 428 g/mol. The van der Waals surface area contributed by atoms with Gasteiger partial charge in [-0.2, -0.15) is 0 Å². The van der Waals surface area contributed by atoms with Gasteiger partial charge in [0.1, 0.15) is 6.29 Å². The van der Waals surface area contributed by atoms with E-state index in [0.717, 1.165) is 74.9 Å². The molecule has 2 fully saturated rings.